The fourth-order valence-corrected chi connectivity index (χ4v) is 3.30. The first-order valence-electron chi connectivity index (χ1n) is 6.62. The molecule has 0 bridgehead atoms. The summed E-state index contributed by atoms with van der Waals surface area (Å²) in [6, 6.07) is 3.88. The number of sulfonamides is 1. The zero-order valence-corrected chi connectivity index (χ0v) is 15.5. The number of hydrogen-bond acceptors (Lipinski definition) is 5. The second-order valence-corrected chi connectivity index (χ2v) is 8.48. The number of carbonyl (C=O) groups excluding carboxylic acids is 1. The van der Waals surface area contributed by atoms with Gasteiger partial charge in [0.1, 0.15) is 11.6 Å². The molecule has 9 heteroatoms. The Bertz CT molecular complexity index is 693. The first-order chi connectivity index (χ1) is 10.4. The summed E-state index contributed by atoms with van der Waals surface area (Å²) in [6.45, 7) is 5.77. The molecule has 1 aromatic rings. The Balaban J connectivity index is 3.36. The van der Waals surface area contributed by atoms with Gasteiger partial charge in [0.15, 0.2) is 0 Å². The molecule has 128 valence electrons. The van der Waals surface area contributed by atoms with Crippen LogP contribution in [0.15, 0.2) is 33.6 Å². The minimum Gasteiger partial charge on any atom is -0.480 e. The lowest BCUT2D eigenvalue weighted by Crippen LogP contribution is -2.48. The van der Waals surface area contributed by atoms with Crippen molar-refractivity contribution in [2.75, 3.05) is 0 Å². The first-order valence-corrected chi connectivity index (χ1v) is 8.85. The Labute approximate surface area is 143 Å². The van der Waals surface area contributed by atoms with E-state index in [0.29, 0.717) is 4.47 Å². The highest BCUT2D eigenvalue weighted by Crippen LogP contribution is 2.23. The van der Waals surface area contributed by atoms with Crippen molar-refractivity contribution < 1.29 is 27.9 Å². The van der Waals surface area contributed by atoms with Gasteiger partial charge in [0.05, 0.1) is 4.90 Å². The standard InChI is InChI=1S/C14H18BrNO6S/c1-9(12(17)18)16(13(19)22-14(2,3)4)23(20,21)11-7-5-10(15)6-8-11/h5-9H,1-4H3,(H,17,18)/t9-/m1/s1. The van der Waals surface area contributed by atoms with Gasteiger partial charge in [-0.25, -0.2) is 18.0 Å². The summed E-state index contributed by atoms with van der Waals surface area (Å²) in [6.07, 6.45) is -1.24. The molecular formula is C14H18BrNO6S. The highest BCUT2D eigenvalue weighted by Gasteiger charge is 2.39. The highest BCUT2D eigenvalue weighted by atomic mass is 79.9. The quantitative estimate of drug-likeness (QED) is 0.822. The lowest BCUT2D eigenvalue weighted by molar-refractivity contribution is -0.140. The normalized spacial score (nSPS) is 13.3. The van der Waals surface area contributed by atoms with E-state index in [1.54, 1.807) is 20.8 Å². The van der Waals surface area contributed by atoms with E-state index in [2.05, 4.69) is 15.9 Å². The zero-order valence-electron chi connectivity index (χ0n) is 13.1. The maximum Gasteiger partial charge on any atom is 0.425 e. The van der Waals surface area contributed by atoms with Crippen LogP contribution < -0.4 is 0 Å². The average Bonchev–Trinajstić information content (AvgIpc) is 2.36. The van der Waals surface area contributed by atoms with Gasteiger partial charge in [-0.1, -0.05) is 15.9 Å². The Kier molecular flexibility index (Phi) is 5.81. The van der Waals surface area contributed by atoms with Crippen molar-refractivity contribution in [3.8, 4) is 0 Å². The molecule has 1 atom stereocenters. The number of hydrogen-bond donors (Lipinski definition) is 1. The van der Waals surface area contributed by atoms with E-state index >= 15 is 0 Å². The van der Waals surface area contributed by atoms with Crippen LogP contribution >= 0.6 is 15.9 Å². The Morgan fingerprint density at radius 1 is 1.22 bits per heavy atom. The third kappa shape index (κ3) is 4.93. The van der Waals surface area contributed by atoms with Crippen molar-refractivity contribution in [3.05, 3.63) is 28.7 Å². The van der Waals surface area contributed by atoms with E-state index in [9.17, 15) is 18.0 Å². The SMILES string of the molecule is C[C@H](C(=O)O)N(C(=O)OC(C)(C)C)S(=O)(=O)c1ccc(Br)cc1. The smallest absolute Gasteiger partial charge is 0.425 e. The zero-order chi connectivity index (χ0) is 18.0. The number of carboxylic acids is 1. The van der Waals surface area contributed by atoms with Crippen LogP contribution in [-0.2, 0) is 19.6 Å². The summed E-state index contributed by atoms with van der Waals surface area (Å²) in [5.41, 5.74) is -0.969. The minimum absolute atomic E-state index is 0.209. The number of rotatable bonds is 4. The Hall–Kier alpha value is -1.61. The number of carboxylic acid groups (broad SMARTS) is 1. The molecule has 0 saturated heterocycles. The van der Waals surface area contributed by atoms with Crippen LogP contribution in [-0.4, -0.2) is 41.5 Å². The van der Waals surface area contributed by atoms with Gasteiger partial charge in [-0.15, -0.1) is 0 Å². The van der Waals surface area contributed by atoms with Crippen LogP contribution in [0.1, 0.15) is 27.7 Å². The molecule has 0 aliphatic heterocycles. The third-order valence-corrected chi connectivity index (χ3v) is 5.03. The van der Waals surface area contributed by atoms with E-state index in [4.69, 9.17) is 9.84 Å². The first kappa shape index (κ1) is 19.4. The molecule has 0 aliphatic rings. The largest absolute Gasteiger partial charge is 0.480 e. The molecule has 0 radical (unpaired) electrons. The number of carbonyl (C=O) groups is 2. The summed E-state index contributed by atoms with van der Waals surface area (Å²) in [5, 5.41) is 9.13. The summed E-state index contributed by atoms with van der Waals surface area (Å²) in [5.74, 6) is -1.46. The fourth-order valence-electron chi connectivity index (χ4n) is 1.59. The molecule has 23 heavy (non-hydrogen) atoms. The van der Waals surface area contributed by atoms with Crippen molar-refractivity contribution in [2.24, 2.45) is 0 Å². The molecule has 0 aromatic heterocycles. The maximum atomic E-state index is 12.7. The maximum absolute atomic E-state index is 12.7. The van der Waals surface area contributed by atoms with E-state index in [-0.39, 0.29) is 9.20 Å². The second-order valence-electron chi connectivity index (χ2n) is 5.75. The Morgan fingerprint density at radius 2 is 1.70 bits per heavy atom. The molecule has 1 amide bonds. The van der Waals surface area contributed by atoms with Gasteiger partial charge < -0.3 is 9.84 Å². The monoisotopic (exact) mass is 407 g/mol. The Morgan fingerprint density at radius 3 is 2.09 bits per heavy atom. The lowest BCUT2D eigenvalue weighted by atomic mass is 10.2. The van der Waals surface area contributed by atoms with E-state index in [1.165, 1.54) is 24.3 Å². The molecule has 1 N–H and O–H groups in total. The number of amides is 1. The predicted molar refractivity (Wildman–Crippen MR) is 86.5 cm³/mol. The van der Waals surface area contributed by atoms with Crippen LogP contribution in [0, 0.1) is 0 Å². The molecule has 0 unspecified atom stereocenters. The number of halogens is 1. The number of aliphatic carboxylic acids is 1. The minimum atomic E-state index is -4.38. The average molecular weight is 408 g/mol. The van der Waals surface area contributed by atoms with Crippen molar-refractivity contribution in [2.45, 2.75) is 44.2 Å². The molecule has 7 nitrogen and oxygen atoms in total. The van der Waals surface area contributed by atoms with Crippen LogP contribution in [0.25, 0.3) is 0 Å². The molecule has 0 heterocycles. The van der Waals surface area contributed by atoms with E-state index < -0.39 is 33.7 Å². The molecular weight excluding hydrogens is 390 g/mol. The molecule has 0 saturated carbocycles. The highest BCUT2D eigenvalue weighted by molar-refractivity contribution is 9.10. The van der Waals surface area contributed by atoms with Gasteiger partial charge in [-0.2, -0.15) is 4.31 Å². The van der Waals surface area contributed by atoms with Gasteiger partial charge in [0.2, 0.25) is 0 Å². The van der Waals surface area contributed by atoms with Gasteiger partial charge in [0.25, 0.3) is 10.0 Å². The van der Waals surface area contributed by atoms with Crippen molar-refractivity contribution in [3.63, 3.8) is 0 Å². The van der Waals surface area contributed by atoms with Crippen LogP contribution in [0.5, 0.6) is 0 Å². The van der Waals surface area contributed by atoms with E-state index in [0.717, 1.165) is 6.92 Å². The molecule has 0 aliphatic carbocycles. The molecule has 0 fully saturated rings. The van der Waals surface area contributed by atoms with Crippen LogP contribution in [0.3, 0.4) is 0 Å². The number of nitrogens with zero attached hydrogens (tertiary/aromatic N) is 1. The van der Waals surface area contributed by atoms with Gasteiger partial charge in [-0.3, -0.25) is 0 Å². The molecule has 1 rings (SSSR count). The molecule has 1 aromatic carbocycles. The third-order valence-electron chi connectivity index (χ3n) is 2.65. The summed E-state index contributed by atoms with van der Waals surface area (Å²) >= 11 is 3.18. The second kappa shape index (κ2) is 6.88. The van der Waals surface area contributed by atoms with Crippen molar-refractivity contribution in [1.29, 1.82) is 0 Å². The topological polar surface area (TPSA) is 101 Å². The fraction of sp³-hybridized carbons (Fsp3) is 0.429. The van der Waals surface area contributed by atoms with Gasteiger partial charge in [0, 0.05) is 4.47 Å². The summed E-state index contributed by atoms with van der Waals surface area (Å²) in [4.78, 5) is 23.3. The number of benzene rings is 1. The van der Waals surface area contributed by atoms with Crippen LogP contribution in [0.2, 0.25) is 0 Å². The lowest BCUT2D eigenvalue weighted by Gasteiger charge is -2.29. The number of ether oxygens (including phenoxy) is 1. The van der Waals surface area contributed by atoms with Crippen LogP contribution in [0.4, 0.5) is 4.79 Å². The van der Waals surface area contributed by atoms with Gasteiger partial charge >= 0.3 is 12.1 Å². The van der Waals surface area contributed by atoms with Crippen molar-refractivity contribution >= 4 is 38.0 Å². The van der Waals surface area contributed by atoms with Gasteiger partial charge in [-0.05, 0) is 52.0 Å². The molecule has 0 spiro atoms. The summed E-state index contributed by atoms with van der Waals surface area (Å²) < 4.78 is 31.2. The van der Waals surface area contributed by atoms with Crippen molar-refractivity contribution in [1.82, 2.24) is 4.31 Å². The summed E-state index contributed by atoms with van der Waals surface area (Å²) in [7, 11) is -4.38. The predicted octanol–water partition coefficient (Wildman–Crippen LogP) is 2.85. The van der Waals surface area contributed by atoms with E-state index in [1.807, 2.05) is 0 Å².